The van der Waals surface area contributed by atoms with Crippen LogP contribution in [0.5, 0.6) is 5.75 Å². The lowest BCUT2D eigenvalue weighted by molar-refractivity contribution is -0.126. The number of nitrogens with zero attached hydrogens (tertiary/aromatic N) is 1. The molecule has 1 aliphatic rings. The maximum atomic E-state index is 12.0. The van der Waals surface area contributed by atoms with E-state index in [0.29, 0.717) is 10.8 Å². The molecule has 0 aliphatic carbocycles. The van der Waals surface area contributed by atoms with Crippen LogP contribution in [0.25, 0.3) is 6.08 Å². The second-order valence-electron chi connectivity index (χ2n) is 4.29. The Morgan fingerprint density at radius 2 is 2.16 bits per heavy atom. The highest BCUT2D eigenvalue weighted by atomic mass is 35.5. The molecule has 1 amide bonds. The van der Waals surface area contributed by atoms with Crippen LogP contribution in [0.2, 0.25) is 5.02 Å². The Kier molecular flexibility index (Phi) is 4.82. The van der Waals surface area contributed by atoms with Gasteiger partial charge in [0.15, 0.2) is 0 Å². The maximum absolute atomic E-state index is 12.0. The molecule has 19 heavy (non-hydrogen) atoms. The van der Waals surface area contributed by atoms with Gasteiger partial charge in [0.25, 0.3) is 0 Å². The smallest absolute Gasteiger partial charge is 0.246 e. The van der Waals surface area contributed by atoms with Gasteiger partial charge in [-0.25, -0.2) is 0 Å². The topological polar surface area (TPSA) is 41.6 Å². The molecular weight excluding hydrogens is 264 g/mol. The number of carbonyl (C=O) groups excluding carboxylic acids is 1. The highest BCUT2D eigenvalue weighted by molar-refractivity contribution is 6.30. The molecule has 5 heteroatoms. The zero-order valence-corrected chi connectivity index (χ0v) is 11.6. The molecular formula is C14H17ClN2O2. The SMILES string of the molecule is COc1ccc(Cl)cc1C=CC(=O)N1CCNCC1. The summed E-state index contributed by atoms with van der Waals surface area (Å²) in [5.74, 6) is 0.720. The lowest BCUT2D eigenvalue weighted by Gasteiger charge is -2.26. The van der Waals surface area contributed by atoms with Crippen LogP contribution in [0.4, 0.5) is 0 Å². The first-order valence-corrected chi connectivity index (χ1v) is 6.60. The molecule has 0 spiro atoms. The van der Waals surface area contributed by atoms with Crippen LogP contribution >= 0.6 is 11.6 Å². The summed E-state index contributed by atoms with van der Waals surface area (Å²) in [5, 5.41) is 3.83. The molecule has 2 rings (SSSR count). The van der Waals surface area contributed by atoms with Crippen LogP contribution in [0.3, 0.4) is 0 Å². The number of nitrogens with one attached hydrogen (secondary N) is 1. The van der Waals surface area contributed by atoms with Crippen molar-refractivity contribution in [3.8, 4) is 5.75 Å². The zero-order chi connectivity index (χ0) is 13.7. The molecule has 0 aromatic heterocycles. The Bertz CT molecular complexity index is 482. The summed E-state index contributed by atoms with van der Waals surface area (Å²) in [7, 11) is 1.60. The summed E-state index contributed by atoms with van der Waals surface area (Å²) in [6.07, 6.45) is 3.31. The molecule has 0 radical (unpaired) electrons. The summed E-state index contributed by atoms with van der Waals surface area (Å²) >= 11 is 5.94. The van der Waals surface area contributed by atoms with Crippen molar-refractivity contribution in [2.24, 2.45) is 0 Å². The fraction of sp³-hybridized carbons (Fsp3) is 0.357. The molecule has 1 aromatic carbocycles. The van der Waals surface area contributed by atoms with Gasteiger partial charge in [-0.3, -0.25) is 4.79 Å². The van der Waals surface area contributed by atoms with E-state index in [-0.39, 0.29) is 5.91 Å². The third kappa shape index (κ3) is 3.72. The molecule has 1 N–H and O–H groups in total. The number of hydrogen-bond donors (Lipinski definition) is 1. The van der Waals surface area contributed by atoms with Crippen molar-refractivity contribution in [3.63, 3.8) is 0 Å². The van der Waals surface area contributed by atoms with Crippen molar-refractivity contribution < 1.29 is 9.53 Å². The highest BCUT2D eigenvalue weighted by Crippen LogP contribution is 2.23. The number of ether oxygens (including phenoxy) is 1. The summed E-state index contributed by atoms with van der Waals surface area (Å²) in [6, 6.07) is 5.33. The maximum Gasteiger partial charge on any atom is 0.246 e. The molecule has 0 unspecified atom stereocenters. The van der Waals surface area contributed by atoms with E-state index in [0.717, 1.165) is 31.7 Å². The molecule has 1 saturated heterocycles. The van der Waals surface area contributed by atoms with E-state index in [1.807, 2.05) is 4.90 Å². The van der Waals surface area contributed by atoms with E-state index in [9.17, 15) is 4.79 Å². The van der Waals surface area contributed by atoms with Crippen LogP contribution in [0.1, 0.15) is 5.56 Å². The van der Waals surface area contributed by atoms with Crippen molar-refractivity contribution in [2.75, 3.05) is 33.3 Å². The van der Waals surface area contributed by atoms with Gasteiger partial charge in [0.05, 0.1) is 7.11 Å². The van der Waals surface area contributed by atoms with Gasteiger partial charge >= 0.3 is 0 Å². The molecule has 1 fully saturated rings. The minimum atomic E-state index is 0.0172. The average molecular weight is 281 g/mol. The third-order valence-electron chi connectivity index (χ3n) is 3.03. The first-order chi connectivity index (χ1) is 9.20. The third-order valence-corrected chi connectivity index (χ3v) is 3.26. The fourth-order valence-electron chi connectivity index (χ4n) is 1.99. The minimum absolute atomic E-state index is 0.0172. The lowest BCUT2D eigenvalue weighted by atomic mass is 10.2. The van der Waals surface area contributed by atoms with E-state index >= 15 is 0 Å². The summed E-state index contributed by atoms with van der Waals surface area (Å²) < 4.78 is 5.23. The average Bonchev–Trinajstić information content (AvgIpc) is 2.46. The van der Waals surface area contributed by atoms with Crippen LogP contribution in [-0.4, -0.2) is 44.1 Å². The molecule has 0 saturated carbocycles. The van der Waals surface area contributed by atoms with Gasteiger partial charge in [-0.05, 0) is 24.3 Å². The van der Waals surface area contributed by atoms with Gasteiger partial charge in [0.1, 0.15) is 5.75 Å². The number of methoxy groups -OCH3 is 1. The second-order valence-corrected chi connectivity index (χ2v) is 4.73. The molecule has 1 aromatic rings. The van der Waals surface area contributed by atoms with E-state index in [2.05, 4.69) is 5.32 Å². The molecule has 0 atom stereocenters. The monoisotopic (exact) mass is 280 g/mol. The van der Waals surface area contributed by atoms with E-state index in [4.69, 9.17) is 16.3 Å². The number of hydrogen-bond acceptors (Lipinski definition) is 3. The Morgan fingerprint density at radius 1 is 1.42 bits per heavy atom. The Balaban J connectivity index is 2.08. The van der Waals surface area contributed by atoms with Gasteiger partial charge in [-0.1, -0.05) is 11.6 Å². The summed E-state index contributed by atoms with van der Waals surface area (Å²) in [6.45, 7) is 3.19. The summed E-state index contributed by atoms with van der Waals surface area (Å²) in [5.41, 5.74) is 0.804. The van der Waals surface area contributed by atoms with Crippen LogP contribution < -0.4 is 10.1 Å². The molecule has 1 heterocycles. The van der Waals surface area contributed by atoms with Crippen molar-refractivity contribution in [1.29, 1.82) is 0 Å². The molecule has 0 bridgehead atoms. The van der Waals surface area contributed by atoms with Gasteiger partial charge in [-0.2, -0.15) is 0 Å². The Hall–Kier alpha value is -1.52. The van der Waals surface area contributed by atoms with Crippen molar-refractivity contribution in [3.05, 3.63) is 34.9 Å². The number of halogens is 1. The predicted molar refractivity (Wildman–Crippen MR) is 76.5 cm³/mol. The van der Waals surface area contributed by atoms with Crippen molar-refractivity contribution in [2.45, 2.75) is 0 Å². The number of rotatable bonds is 3. The first-order valence-electron chi connectivity index (χ1n) is 6.22. The zero-order valence-electron chi connectivity index (χ0n) is 10.9. The standard InChI is InChI=1S/C14H17ClN2O2/c1-19-13-4-3-12(15)10-11(13)2-5-14(18)17-8-6-16-7-9-17/h2-5,10,16H,6-9H2,1H3. The van der Waals surface area contributed by atoms with Crippen molar-refractivity contribution in [1.82, 2.24) is 10.2 Å². The molecule has 102 valence electrons. The first kappa shape index (κ1) is 13.9. The summed E-state index contributed by atoms with van der Waals surface area (Å²) in [4.78, 5) is 13.8. The largest absolute Gasteiger partial charge is 0.496 e. The van der Waals surface area contributed by atoms with E-state index in [1.54, 1.807) is 37.5 Å². The fourth-order valence-corrected chi connectivity index (χ4v) is 2.17. The van der Waals surface area contributed by atoms with Crippen LogP contribution in [-0.2, 0) is 4.79 Å². The van der Waals surface area contributed by atoms with E-state index < -0.39 is 0 Å². The van der Waals surface area contributed by atoms with Gasteiger partial charge < -0.3 is 15.0 Å². The number of benzene rings is 1. The van der Waals surface area contributed by atoms with Gasteiger partial charge in [0.2, 0.25) is 5.91 Å². The Labute approximate surface area is 118 Å². The lowest BCUT2D eigenvalue weighted by Crippen LogP contribution is -2.45. The predicted octanol–water partition coefficient (Wildman–Crippen LogP) is 1.79. The second kappa shape index (κ2) is 6.59. The van der Waals surface area contributed by atoms with Gasteiger partial charge in [0, 0.05) is 42.8 Å². The molecule has 1 aliphatic heterocycles. The molecule has 4 nitrogen and oxygen atoms in total. The van der Waals surface area contributed by atoms with Crippen molar-refractivity contribution >= 4 is 23.6 Å². The van der Waals surface area contributed by atoms with Crippen LogP contribution in [0.15, 0.2) is 24.3 Å². The van der Waals surface area contributed by atoms with Crippen LogP contribution in [0, 0.1) is 0 Å². The number of piperazine rings is 1. The quantitative estimate of drug-likeness (QED) is 0.859. The normalized spacial score (nSPS) is 15.8. The van der Waals surface area contributed by atoms with Gasteiger partial charge in [-0.15, -0.1) is 0 Å². The van der Waals surface area contributed by atoms with E-state index in [1.165, 1.54) is 0 Å². The number of amides is 1. The highest BCUT2D eigenvalue weighted by Gasteiger charge is 2.13. The number of carbonyl (C=O) groups is 1. The Morgan fingerprint density at radius 3 is 2.84 bits per heavy atom. The minimum Gasteiger partial charge on any atom is -0.496 e.